The van der Waals surface area contributed by atoms with E-state index in [9.17, 15) is 4.89 Å². The summed E-state index contributed by atoms with van der Waals surface area (Å²) in [6, 6.07) is 9.33. The number of rotatable bonds is 4. The van der Waals surface area contributed by atoms with Gasteiger partial charge in [0.2, 0.25) is 8.38 Å². The fourth-order valence-corrected chi connectivity index (χ4v) is 1.58. The Morgan fingerprint density at radius 1 is 1.42 bits per heavy atom. The van der Waals surface area contributed by atoms with E-state index in [-0.39, 0.29) is 0 Å². The van der Waals surface area contributed by atoms with E-state index in [1.807, 2.05) is 30.3 Å². The summed E-state index contributed by atoms with van der Waals surface area (Å²) in [4.78, 5) is 9.45. The van der Waals surface area contributed by atoms with Crippen LogP contribution < -0.4 is 5.30 Å². The van der Waals surface area contributed by atoms with Crippen LogP contribution in [0.4, 0.5) is 0 Å². The van der Waals surface area contributed by atoms with Crippen LogP contribution in [0.2, 0.25) is 0 Å². The molecular weight excluding hydrogens is 171 g/mol. The van der Waals surface area contributed by atoms with Crippen LogP contribution in [0, 0.1) is 0 Å². The van der Waals surface area contributed by atoms with Crippen LogP contribution in [-0.4, -0.2) is 11.5 Å². The van der Waals surface area contributed by atoms with Crippen molar-refractivity contribution >= 4 is 13.7 Å². The maximum absolute atomic E-state index is 9.45. The molecule has 0 saturated carbocycles. The molecule has 64 valence electrons. The van der Waals surface area contributed by atoms with Gasteiger partial charge in [0.25, 0.3) is 0 Å². The van der Waals surface area contributed by atoms with Gasteiger partial charge in [-0.1, -0.05) is 24.3 Å². The summed E-state index contributed by atoms with van der Waals surface area (Å²) in [5.41, 5.74) is 0. The minimum atomic E-state index is -1.45. The van der Waals surface area contributed by atoms with Crippen LogP contribution in [0.15, 0.2) is 43.0 Å². The molecule has 0 bridgehead atoms. The van der Waals surface area contributed by atoms with Gasteiger partial charge < -0.3 is 9.42 Å². The van der Waals surface area contributed by atoms with E-state index in [2.05, 4.69) is 6.58 Å². The highest BCUT2D eigenvalue weighted by Crippen LogP contribution is 2.29. The van der Waals surface area contributed by atoms with Gasteiger partial charge in [0.05, 0.1) is 6.61 Å². The van der Waals surface area contributed by atoms with Crippen molar-refractivity contribution in [2.45, 2.75) is 0 Å². The predicted molar refractivity (Wildman–Crippen MR) is 51.4 cm³/mol. The van der Waals surface area contributed by atoms with Crippen LogP contribution in [0.3, 0.4) is 0 Å². The Labute approximate surface area is 73.4 Å². The lowest BCUT2D eigenvalue weighted by Crippen LogP contribution is -2.01. The first-order valence-electron chi connectivity index (χ1n) is 3.62. The zero-order valence-electron chi connectivity index (χ0n) is 6.68. The molecule has 0 aliphatic carbocycles. The average Bonchev–Trinajstić information content (AvgIpc) is 2.15. The molecule has 0 radical (unpaired) electrons. The molecule has 0 spiro atoms. The molecule has 3 heteroatoms. The Bertz CT molecular complexity index is 236. The molecule has 12 heavy (non-hydrogen) atoms. The molecule has 2 nitrogen and oxygen atoms in total. The topological polar surface area (TPSA) is 29.5 Å². The van der Waals surface area contributed by atoms with E-state index in [0.29, 0.717) is 6.61 Å². The third-order valence-electron chi connectivity index (χ3n) is 1.29. The van der Waals surface area contributed by atoms with Gasteiger partial charge in [-0.25, -0.2) is 0 Å². The van der Waals surface area contributed by atoms with Gasteiger partial charge in [-0.3, -0.25) is 0 Å². The summed E-state index contributed by atoms with van der Waals surface area (Å²) in [5, 5.41) is 0.828. The lowest BCUT2D eigenvalue weighted by Gasteiger charge is -2.08. The molecular formula is C9H11O2P. The Morgan fingerprint density at radius 2 is 2.08 bits per heavy atom. The predicted octanol–water partition coefficient (Wildman–Crippen LogP) is 1.82. The second-order valence-electron chi connectivity index (χ2n) is 2.19. The minimum absolute atomic E-state index is 0.386. The van der Waals surface area contributed by atoms with Crippen molar-refractivity contribution in [3.63, 3.8) is 0 Å². The van der Waals surface area contributed by atoms with Gasteiger partial charge in [0, 0.05) is 5.30 Å². The molecule has 1 rings (SSSR count). The van der Waals surface area contributed by atoms with Gasteiger partial charge in [0.1, 0.15) is 0 Å². The molecule has 0 amide bonds. The van der Waals surface area contributed by atoms with Crippen LogP contribution in [0.1, 0.15) is 0 Å². The lowest BCUT2D eigenvalue weighted by molar-refractivity contribution is 0.358. The third-order valence-corrected chi connectivity index (χ3v) is 2.43. The van der Waals surface area contributed by atoms with Crippen LogP contribution in [0.25, 0.3) is 0 Å². The Hall–Kier alpha value is -0.690. The Balaban J connectivity index is 2.53. The zero-order valence-corrected chi connectivity index (χ0v) is 7.58. The van der Waals surface area contributed by atoms with Crippen molar-refractivity contribution in [1.29, 1.82) is 0 Å². The van der Waals surface area contributed by atoms with E-state index in [1.54, 1.807) is 6.08 Å². The van der Waals surface area contributed by atoms with Gasteiger partial charge in [0.15, 0.2) is 0 Å². The van der Waals surface area contributed by atoms with E-state index in [0.717, 1.165) is 5.30 Å². The molecule has 0 aliphatic heterocycles. The van der Waals surface area contributed by atoms with Crippen molar-refractivity contribution in [3.05, 3.63) is 43.0 Å². The van der Waals surface area contributed by atoms with E-state index < -0.39 is 8.38 Å². The van der Waals surface area contributed by atoms with Gasteiger partial charge in [-0.15, -0.1) is 6.58 Å². The summed E-state index contributed by atoms with van der Waals surface area (Å²) in [7, 11) is -1.45. The molecule has 1 aromatic carbocycles. The fraction of sp³-hybridized carbons (Fsp3) is 0.111. The highest BCUT2D eigenvalue weighted by molar-refractivity contribution is 7.55. The first-order valence-corrected chi connectivity index (χ1v) is 4.83. The molecule has 0 heterocycles. The SMILES string of the molecule is C=CCOP(O)c1ccccc1. The first-order chi connectivity index (χ1) is 5.84. The minimum Gasteiger partial charge on any atom is -0.346 e. The molecule has 1 N–H and O–H groups in total. The van der Waals surface area contributed by atoms with Crippen LogP contribution in [-0.2, 0) is 4.52 Å². The molecule has 0 fully saturated rings. The maximum atomic E-state index is 9.45. The van der Waals surface area contributed by atoms with E-state index in [4.69, 9.17) is 4.52 Å². The summed E-state index contributed by atoms with van der Waals surface area (Å²) >= 11 is 0. The average molecular weight is 182 g/mol. The highest BCUT2D eigenvalue weighted by Gasteiger charge is 2.05. The van der Waals surface area contributed by atoms with Crippen molar-refractivity contribution in [2.24, 2.45) is 0 Å². The number of hydrogen-bond donors (Lipinski definition) is 1. The van der Waals surface area contributed by atoms with Crippen molar-refractivity contribution in [1.82, 2.24) is 0 Å². The number of benzene rings is 1. The Morgan fingerprint density at radius 3 is 2.67 bits per heavy atom. The molecule has 1 unspecified atom stereocenters. The summed E-state index contributed by atoms with van der Waals surface area (Å²) in [5.74, 6) is 0. The highest BCUT2D eigenvalue weighted by atomic mass is 31.2. The quantitative estimate of drug-likeness (QED) is 0.568. The normalized spacial score (nSPS) is 12.4. The standard InChI is InChI=1S/C9H11O2P/c1-2-8-11-12(10)9-6-4-3-5-7-9/h2-7,10H,1,8H2. The second kappa shape index (κ2) is 5.04. The van der Waals surface area contributed by atoms with Crippen molar-refractivity contribution in [3.8, 4) is 0 Å². The molecule has 1 atom stereocenters. The van der Waals surface area contributed by atoms with E-state index >= 15 is 0 Å². The Kier molecular flexibility index (Phi) is 3.95. The fourth-order valence-electron chi connectivity index (χ4n) is 0.753. The summed E-state index contributed by atoms with van der Waals surface area (Å²) in [6.45, 7) is 3.89. The smallest absolute Gasteiger partial charge is 0.202 e. The lowest BCUT2D eigenvalue weighted by atomic mass is 10.4. The molecule has 0 aromatic heterocycles. The maximum Gasteiger partial charge on any atom is 0.202 e. The molecule has 0 saturated heterocycles. The largest absolute Gasteiger partial charge is 0.346 e. The van der Waals surface area contributed by atoms with Gasteiger partial charge in [-0.2, -0.15) is 0 Å². The molecule has 0 aliphatic rings. The molecule has 1 aromatic rings. The second-order valence-corrected chi connectivity index (χ2v) is 3.51. The third kappa shape index (κ3) is 2.74. The van der Waals surface area contributed by atoms with Crippen molar-refractivity contribution < 1.29 is 9.42 Å². The summed E-state index contributed by atoms with van der Waals surface area (Å²) in [6.07, 6.45) is 1.62. The van der Waals surface area contributed by atoms with Crippen LogP contribution >= 0.6 is 8.38 Å². The van der Waals surface area contributed by atoms with Gasteiger partial charge >= 0.3 is 0 Å². The number of hydrogen-bond acceptors (Lipinski definition) is 2. The van der Waals surface area contributed by atoms with Crippen LogP contribution in [0.5, 0.6) is 0 Å². The monoisotopic (exact) mass is 182 g/mol. The van der Waals surface area contributed by atoms with Crippen molar-refractivity contribution in [2.75, 3.05) is 6.61 Å². The van der Waals surface area contributed by atoms with Gasteiger partial charge in [-0.05, 0) is 12.1 Å². The zero-order chi connectivity index (χ0) is 8.81. The first kappa shape index (κ1) is 9.40. The summed E-state index contributed by atoms with van der Waals surface area (Å²) < 4.78 is 5.08. The van der Waals surface area contributed by atoms with E-state index in [1.165, 1.54) is 0 Å².